The molecule has 0 aliphatic heterocycles. The molecule has 124 valence electrons. The van der Waals surface area contributed by atoms with E-state index in [0.717, 1.165) is 28.8 Å². The number of pyridine rings is 1. The predicted molar refractivity (Wildman–Crippen MR) is 83.9 cm³/mol. The highest BCUT2D eigenvalue weighted by atomic mass is 16.6. The molecule has 0 unspecified atom stereocenters. The van der Waals surface area contributed by atoms with Gasteiger partial charge in [0, 0.05) is 18.2 Å². The Hall–Kier alpha value is -2.18. The second kappa shape index (κ2) is 6.14. The van der Waals surface area contributed by atoms with Crippen LogP contribution in [0.15, 0.2) is 23.1 Å². The van der Waals surface area contributed by atoms with Crippen molar-refractivity contribution in [3.63, 3.8) is 0 Å². The number of nitrogens with one attached hydrogen (secondary N) is 1. The van der Waals surface area contributed by atoms with Crippen molar-refractivity contribution >= 4 is 11.6 Å². The van der Waals surface area contributed by atoms with Gasteiger partial charge in [0.05, 0.1) is 11.1 Å². The zero-order valence-corrected chi connectivity index (χ0v) is 13.1. The predicted octanol–water partition coefficient (Wildman–Crippen LogP) is 1.70. The quantitative estimate of drug-likeness (QED) is 0.660. The minimum absolute atomic E-state index is 0.0761. The maximum Gasteiger partial charge on any atom is 0.285 e. The number of fused-ring (bicyclic) bond motifs is 2. The standard InChI is InChI=1S/C16H21N3O4/c1-10(14-7-11-2-3-12(14)6-11)17-15(20)9-18-8-13(19(22)23)4-5-16(18)21/h4-5,8,10-12,14H,2-3,6-7,9H2,1H3,(H,17,20)/t10-,11-,12-,14-/m0/s1. The number of carbonyl (C=O) groups is 1. The van der Waals surface area contributed by atoms with Gasteiger partial charge < -0.3 is 5.32 Å². The molecule has 0 saturated heterocycles. The number of hydrogen-bond acceptors (Lipinski definition) is 4. The first-order chi connectivity index (χ1) is 10.9. The summed E-state index contributed by atoms with van der Waals surface area (Å²) in [6.45, 7) is 1.82. The van der Waals surface area contributed by atoms with Crippen molar-refractivity contribution in [2.45, 2.75) is 45.2 Å². The van der Waals surface area contributed by atoms with Crippen LogP contribution in [0.1, 0.15) is 32.6 Å². The van der Waals surface area contributed by atoms with E-state index >= 15 is 0 Å². The lowest BCUT2D eigenvalue weighted by atomic mass is 9.84. The molecule has 4 atom stereocenters. The van der Waals surface area contributed by atoms with E-state index in [1.54, 1.807) is 0 Å². The van der Waals surface area contributed by atoms with E-state index in [0.29, 0.717) is 11.8 Å². The van der Waals surface area contributed by atoms with Gasteiger partial charge in [-0.2, -0.15) is 0 Å². The molecule has 0 radical (unpaired) electrons. The van der Waals surface area contributed by atoms with Crippen LogP contribution in [-0.2, 0) is 11.3 Å². The summed E-state index contributed by atoms with van der Waals surface area (Å²) in [7, 11) is 0. The van der Waals surface area contributed by atoms with Crippen LogP contribution in [-0.4, -0.2) is 21.4 Å². The van der Waals surface area contributed by atoms with Gasteiger partial charge in [0.25, 0.3) is 11.2 Å². The van der Waals surface area contributed by atoms with Crippen LogP contribution in [0.5, 0.6) is 0 Å². The highest BCUT2D eigenvalue weighted by molar-refractivity contribution is 5.76. The highest BCUT2D eigenvalue weighted by Gasteiger charge is 2.42. The first-order valence-electron chi connectivity index (χ1n) is 8.08. The van der Waals surface area contributed by atoms with Gasteiger partial charge in [-0.3, -0.25) is 24.3 Å². The van der Waals surface area contributed by atoms with Gasteiger partial charge in [-0.05, 0) is 43.9 Å². The molecule has 1 heterocycles. The number of hydrogen-bond donors (Lipinski definition) is 1. The normalized spacial score (nSPS) is 26.9. The molecule has 3 rings (SSSR count). The fraction of sp³-hybridized carbons (Fsp3) is 0.625. The van der Waals surface area contributed by atoms with Crippen LogP contribution < -0.4 is 10.9 Å². The number of nitro groups is 1. The maximum absolute atomic E-state index is 12.2. The third-order valence-electron chi connectivity index (χ3n) is 5.32. The van der Waals surface area contributed by atoms with E-state index in [-0.39, 0.29) is 24.2 Å². The first-order valence-corrected chi connectivity index (χ1v) is 8.08. The van der Waals surface area contributed by atoms with E-state index in [4.69, 9.17) is 0 Å². The Morgan fingerprint density at radius 1 is 1.43 bits per heavy atom. The van der Waals surface area contributed by atoms with E-state index < -0.39 is 10.5 Å². The minimum Gasteiger partial charge on any atom is -0.352 e. The van der Waals surface area contributed by atoms with Crippen molar-refractivity contribution in [2.24, 2.45) is 17.8 Å². The summed E-state index contributed by atoms with van der Waals surface area (Å²) < 4.78 is 1.08. The topological polar surface area (TPSA) is 94.2 Å². The van der Waals surface area contributed by atoms with Crippen molar-refractivity contribution in [1.29, 1.82) is 0 Å². The molecule has 7 heteroatoms. The lowest BCUT2D eigenvalue weighted by Crippen LogP contribution is -2.42. The number of nitrogens with zero attached hydrogens (tertiary/aromatic N) is 2. The molecule has 2 fully saturated rings. The third-order valence-corrected chi connectivity index (χ3v) is 5.32. The molecule has 0 spiro atoms. The van der Waals surface area contributed by atoms with Crippen molar-refractivity contribution in [2.75, 3.05) is 0 Å². The van der Waals surface area contributed by atoms with Crippen molar-refractivity contribution in [3.05, 3.63) is 38.8 Å². The van der Waals surface area contributed by atoms with Gasteiger partial charge in [0.2, 0.25) is 5.91 Å². The summed E-state index contributed by atoms with van der Waals surface area (Å²) in [5.41, 5.74) is -0.614. The molecule has 1 amide bonds. The zero-order valence-electron chi connectivity index (χ0n) is 13.1. The number of rotatable bonds is 5. The van der Waals surface area contributed by atoms with Crippen LogP contribution in [0.25, 0.3) is 0 Å². The fourth-order valence-corrected chi connectivity index (χ4v) is 4.22. The average Bonchev–Trinajstić information content (AvgIpc) is 3.12. The lowest BCUT2D eigenvalue weighted by molar-refractivity contribution is -0.385. The third kappa shape index (κ3) is 3.28. The highest BCUT2D eigenvalue weighted by Crippen LogP contribution is 2.49. The molecule has 1 aromatic rings. The van der Waals surface area contributed by atoms with Gasteiger partial charge >= 0.3 is 0 Å². The molecule has 7 nitrogen and oxygen atoms in total. The second-order valence-electron chi connectivity index (χ2n) is 6.81. The Morgan fingerprint density at radius 3 is 2.83 bits per heavy atom. The van der Waals surface area contributed by atoms with Crippen LogP contribution in [0.3, 0.4) is 0 Å². The largest absolute Gasteiger partial charge is 0.352 e. The van der Waals surface area contributed by atoms with E-state index in [1.807, 2.05) is 6.92 Å². The smallest absolute Gasteiger partial charge is 0.285 e. The SMILES string of the molecule is C[C@H](NC(=O)Cn1cc([N+](=O)[O-])ccc1=O)[C@@H]1C[C@H]2CC[C@H]1C2. The summed E-state index contributed by atoms with van der Waals surface area (Å²) >= 11 is 0. The van der Waals surface area contributed by atoms with Gasteiger partial charge in [-0.1, -0.05) is 6.42 Å². The van der Waals surface area contributed by atoms with Crippen LogP contribution >= 0.6 is 0 Å². The van der Waals surface area contributed by atoms with E-state index in [2.05, 4.69) is 5.32 Å². The Labute approximate surface area is 133 Å². The zero-order chi connectivity index (χ0) is 16.6. The van der Waals surface area contributed by atoms with Crippen molar-refractivity contribution < 1.29 is 9.72 Å². The Morgan fingerprint density at radius 2 is 2.22 bits per heavy atom. The number of amides is 1. The number of aromatic nitrogens is 1. The molecule has 2 saturated carbocycles. The van der Waals surface area contributed by atoms with E-state index in [1.165, 1.54) is 25.7 Å². The molecule has 1 N–H and O–H groups in total. The Bertz CT molecular complexity index is 684. The van der Waals surface area contributed by atoms with Crippen LogP contribution in [0.2, 0.25) is 0 Å². The molecule has 2 aliphatic carbocycles. The minimum atomic E-state index is -0.578. The average molecular weight is 319 g/mol. The van der Waals surface area contributed by atoms with Crippen molar-refractivity contribution in [3.8, 4) is 0 Å². The molecular formula is C16H21N3O4. The fourth-order valence-electron chi connectivity index (χ4n) is 4.22. The maximum atomic E-state index is 12.2. The van der Waals surface area contributed by atoms with Crippen LogP contribution in [0, 0.1) is 27.9 Å². The molecular weight excluding hydrogens is 298 g/mol. The summed E-state index contributed by atoms with van der Waals surface area (Å²) in [5, 5.41) is 13.7. The molecule has 2 aliphatic rings. The van der Waals surface area contributed by atoms with Gasteiger partial charge in [0.15, 0.2) is 0 Å². The van der Waals surface area contributed by atoms with Crippen molar-refractivity contribution in [1.82, 2.24) is 9.88 Å². The summed E-state index contributed by atoms with van der Waals surface area (Å²) in [5.74, 6) is 1.75. The molecule has 2 bridgehead atoms. The molecule has 0 aromatic carbocycles. The van der Waals surface area contributed by atoms with Crippen LogP contribution in [0.4, 0.5) is 5.69 Å². The van der Waals surface area contributed by atoms with Gasteiger partial charge in [-0.15, -0.1) is 0 Å². The Balaban J connectivity index is 1.62. The monoisotopic (exact) mass is 319 g/mol. The van der Waals surface area contributed by atoms with E-state index in [9.17, 15) is 19.7 Å². The summed E-state index contributed by atoms with van der Waals surface area (Å²) in [4.78, 5) is 34.1. The van der Waals surface area contributed by atoms with Gasteiger partial charge in [-0.25, -0.2) is 0 Å². The molecule has 1 aromatic heterocycles. The number of carbonyl (C=O) groups excluding carboxylic acids is 1. The summed E-state index contributed by atoms with van der Waals surface area (Å²) in [6, 6.07) is 2.34. The summed E-state index contributed by atoms with van der Waals surface area (Å²) in [6.07, 6.45) is 6.12. The molecule has 23 heavy (non-hydrogen) atoms. The second-order valence-corrected chi connectivity index (χ2v) is 6.81. The first kappa shape index (κ1) is 15.7. The Kier molecular flexibility index (Phi) is 4.19. The van der Waals surface area contributed by atoms with Gasteiger partial charge in [0.1, 0.15) is 6.54 Å². The lowest BCUT2D eigenvalue weighted by Gasteiger charge is -2.28.